The van der Waals surface area contributed by atoms with Crippen molar-refractivity contribution in [3.8, 4) is 0 Å². The summed E-state index contributed by atoms with van der Waals surface area (Å²) in [6.45, 7) is 2.01. The molecule has 0 aliphatic carbocycles. The molecule has 2 atom stereocenters. The predicted molar refractivity (Wildman–Crippen MR) is 110 cm³/mol. The van der Waals surface area contributed by atoms with Crippen molar-refractivity contribution in [1.82, 2.24) is 24.3 Å². The van der Waals surface area contributed by atoms with Gasteiger partial charge in [-0.3, -0.25) is 9.59 Å². The second-order valence-corrected chi connectivity index (χ2v) is 7.87. The van der Waals surface area contributed by atoms with Crippen LogP contribution >= 0.6 is 0 Å². The number of carbonyl (C=O) groups is 2. The average molecular weight is 405 g/mol. The Bertz CT molecular complexity index is 1100. The molecule has 5 rings (SSSR count). The molecule has 0 unspecified atom stereocenters. The molecule has 0 saturated carbocycles. The van der Waals surface area contributed by atoms with Gasteiger partial charge in [-0.25, -0.2) is 9.97 Å². The predicted octanol–water partition coefficient (Wildman–Crippen LogP) is 1.55. The summed E-state index contributed by atoms with van der Waals surface area (Å²) in [5, 5.41) is 0. The minimum absolute atomic E-state index is 0.0591. The highest BCUT2D eigenvalue weighted by molar-refractivity contribution is 5.96. The molecule has 2 aromatic heterocycles. The number of hydrogen-bond donors (Lipinski definition) is 0. The molecule has 0 radical (unpaired) electrons. The number of pyridine rings is 1. The summed E-state index contributed by atoms with van der Waals surface area (Å²) in [4.78, 5) is 37.6. The van der Waals surface area contributed by atoms with E-state index in [4.69, 9.17) is 4.74 Å². The van der Waals surface area contributed by atoms with Crippen LogP contribution in [0.1, 0.15) is 22.3 Å². The molecule has 154 valence electrons. The summed E-state index contributed by atoms with van der Waals surface area (Å²) in [5.74, 6) is -0.0524. The minimum atomic E-state index is -0.146. The van der Waals surface area contributed by atoms with Crippen LogP contribution in [-0.2, 0) is 16.1 Å². The molecule has 8 nitrogen and oxygen atoms in total. The summed E-state index contributed by atoms with van der Waals surface area (Å²) in [5.41, 5.74) is 3.09. The first kappa shape index (κ1) is 18.7. The molecule has 0 spiro atoms. The number of aromatic nitrogens is 3. The highest BCUT2D eigenvalue weighted by atomic mass is 16.5. The van der Waals surface area contributed by atoms with E-state index in [1.54, 1.807) is 35.4 Å². The van der Waals surface area contributed by atoms with Crippen molar-refractivity contribution in [2.24, 2.45) is 0 Å². The van der Waals surface area contributed by atoms with Crippen molar-refractivity contribution in [1.29, 1.82) is 0 Å². The Morgan fingerprint density at radius 3 is 2.87 bits per heavy atom. The largest absolute Gasteiger partial charge is 0.374 e. The number of nitrogens with zero attached hydrogens (tertiary/aromatic N) is 5. The minimum Gasteiger partial charge on any atom is -0.374 e. The Hall–Kier alpha value is -3.26. The fourth-order valence-corrected chi connectivity index (χ4v) is 4.26. The van der Waals surface area contributed by atoms with Gasteiger partial charge >= 0.3 is 0 Å². The second kappa shape index (κ2) is 7.53. The second-order valence-electron chi connectivity index (χ2n) is 7.87. The van der Waals surface area contributed by atoms with Gasteiger partial charge in [0.2, 0.25) is 5.91 Å². The number of imidazole rings is 1. The number of rotatable bonds is 3. The first-order valence-corrected chi connectivity index (χ1v) is 10.1. The zero-order valence-corrected chi connectivity index (χ0v) is 16.8. The van der Waals surface area contributed by atoms with Gasteiger partial charge in [0, 0.05) is 26.3 Å². The first-order valence-electron chi connectivity index (χ1n) is 10.1. The number of carbonyl (C=O) groups excluding carboxylic acids is 2. The van der Waals surface area contributed by atoms with Crippen LogP contribution < -0.4 is 0 Å². The van der Waals surface area contributed by atoms with Crippen LogP contribution in [-0.4, -0.2) is 75.0 Å². The molecule has 2 amide bonds. The maximum atomic E-state index is 13.1. The molecule has 4 heterocycles. The molecule has 2 saturated heterocycles. The zero-order valence-electron chi connectivity index (χ0n) is 16.8. The highest BCUT2D eigenvalue weighted by Crippen LogP contribution is 2.24. The Labute approximate surface area is 174 Å². The van der Waals surface area contributed by atoms with Gasteiger partial charge in [-0.15, -0.1) is 0 Å². The van der Waals surface area contributed by atoms with E-state index >= 15 is 0 Å². The van der Waals surface area contributed by atoms with Gasteiger partial charge in [0.15, 0.2) is 5.65 Å². The van der Waals surface area contributed by atoms with Gasteiger partial charge < -0.3 is 19.1 Å². The number of likely N-dealkylation sites (tertiary alicyclic amines) is 1. The highest BCUT2D eigenvalue weighted by Gasteiger charge is 2.41. The Balaban J connectivity index is 1.35. The number of benzene rings is 1. The van der Waals surface area contributed by atoms with E-state index in [1.165, 1.54) is 0 Å². The number of hydrogen-bond acceptors (Lipinski definition) is 5. The van der Waals surface area contributed by atoms with E-state index < -0.39 is 0 Å². The summed E-state index contributed by atoms with van der Waals surface area (Å²) in [7, 11) is 1.79. The van der Waals surface area contributed by atoms with E-state index in [0.29, 0.717) is 43.7 Å². The van der Waals surface area contributed by atoms with Gasteiger partial charge in [0.1, 0.15) is 5.52 Å². The molecule has 30 heavy (non-hydrogen) atoms. The fourth-order valence-electron chi connectivity index (χ4n) is 4.26. The van der Waals surface area contributed by atoms with Crippen molar-refractivity contribution in [3.63, 3.8) is 0 Å². The third-order valence-electron chi connectivity index (χ3n) is 5.96. The fraction of sp³-hybridized carbons (Fsp3) is 0.364. The Morgan fingerprint density at radius 2 is 2.03 bits per heavy atom. The number of likely N-dealkylation sites (N-methyl/N-ethyl adjacent to an activating group) is 1. The van der Waals surface area contributed by atoms with Crippen molar-refractivity contribution in [2.75, 3.05) is 26.7 Å². The summed E-state index contributed by atoms with van der Waals surface area (Å²) in [6.07, 6.45) is 3.61. The molecule has 3 aromatic rings. The van der Waals surface area contributed by atoms with Crippen LogP contribution in [0.3, 0.4) is 0 Å². The maximum absolute atomic E-state index is 13.1. The molecular formula is C22H23N5O3. The van der Waals surface area contributed by atoms with Gasteiger partial charge in [-0.2, -0.15) is 0 Å². The summed E-state index contributed by atoms with van der Waals surface area (Å²) < 4.78 is 7.80. The van der Waals surface area contributed by atoms with Gasteiger partial charge in [0.25, 0.3) is 5.91 Å². The topological polar surface area (TPSA) is 80.6 Å². The van der Waals surface area contributed by atoms with Gasteiger partial charge in [0.05, 0.1) is 43.6 Å². The third kappa shape index (κ3) is 3.33. The van der Waals surface area contributed by atoms with E-state index in [9.17, 15) is 9.59 Å². The SMILES string of the molecule is CN1C(=O)CCO[C@H]2CN(C(=O)c3cnc4c(c3)ncn4Cc3ccccc3)C[C@@H]21. The lowest BCUT2D eigenvalue weighted by atomic mass is 10.2. The van der Waals surface area contributed by atoms with Crippen molar-refractivity contribution >= 4 is 23.0 Å². The summed E-state index contributed by atoms with van der Waals surface area (Å²) in [6, 6.07) is 11.8. The van der Waals surface area contributed by atoms with Crippen LogP contribution in [0.4, 0.5) is 0 Å². The lowest BCUT2D eigenvalue weighted by Crippen LogP contribution is -2.43. The van der Waals surface area contributed by atoms with Crippen molar-refractivity contribution in [2.45, 2.75) is 25.1 Å². The van der Waals surface area contributed by atoms with Crippen LogP contribution in [0.2, 0.25) is 0 Å². The lowest BCUT2D eigenvalue weighted by Gasteiger charge is -2.25. The Morgan fingerprint density at radius 1 is 1.20 bits per heavy atom. The normalized spacial score (nSPS) is 21.7. The van der Waals surface area contributed by atoms with E-state index in [-0.39, 0.29) is 24.0 Å². The third-order valence-corrected chi connectivity index (χ3v) is 5.96. The molecule has 2 aliphatic rings. The molecule has 0 bridgehead atoms. The van der Waals surface area contributed by atoms with Crippen molar-refractivity contribution < 1.29 is 14.3 Å². The Kier molecular flexibility index (Phi) is 4.71. The maximum Gasteiger partial charge on any atom is 0.255 e. The summed E-state index contributed by atoms with van der Waals surface area (Å²) >= 11 is 0. The lowest BCUT2D eigenvalue weighted by molar-refractivity contribution is -0.131. The zero-order chi connectivity index (χ0) is 20.7. The van der Waals surface area contributed by atoms with Crippen molar-refractivity contribution in [3.05, 3.63) is 60.0 Å². The van der Waals surface area contributed by atoms with Crippen LogP contribution in [0.15, 0.2) is 48.9 Å². The van der Waals surface area contributed by atoms with E-state index in [2.05, 4.69) is 22.1 Å². The monoisotopic (exact) mass is 405 g/mol. The van der Waals surface area contributed by atoms with Crippen LogP contribution in [0.5, 0.6) is 0 Å². The molecule has 2 fully saturated rings. The van der Waals surface area contributed by atoms with Crippen LogP contribution in [0.25, 0.3) is 11.2 Å². The van der Waals surface area contributed by atoms with E-state index in [1.807, 2.05) is 22.8 Å². The molecule has 1 aromatic carbocycles. The number of ether oxygens (including phenoxy) is 1. The molecule has 8 heteroatoms. The molecule has 0 N–H and O–H groups in total. The van der Waals surface area contributed by atoms with Gasteiger partial charge in [-0.1, -0.05) is 30.3 Å². The number of fused-ring (bicyclic) bond motifs is 2. The smallest absolute Gasteiger partial charge is 0.255 e. The standard InChI is InChI=1S/C22H23N5O3/c1-25-18-12-26(13-19(18)30-8-7-20(25)28)22(29)16-9-17-21(23-10-16)27(14-24-17)11-15-5-3-2-4-6-15/h2-6,9-10,14,18-19H,7-8,11-13H2,1H3/t18-,19-/m0/s1. The van der Waals surface area contributed by atoms with E-state index in [0.717, 1.165) is 11.2 Å². The molecule has 2 aliphatic heterocycles. The van der Waals surface area contributed by atoms with Crippen LogP contribution in [0, 0.1) is 0 Å². The number of amides is 2. The first-order chi connectivity index (χ1) is 14.6. The quantitative estimate of drug-likeness (QED) is 0.661. The van der Waals surface area contributed by atoms with Gasteiger partial charge in [-0.05, 0) is 11.6 Å². The molecular weight excluding hydrogens is 382 g/mol. The average Bonchev–Trinajstić information content (AvgIpc) is 3.34.